The molecule has 2 aromatic heterocycles. The third-order valence-corrected chi connectivity index (χ3v) is 7.30. The highest BCUT2D eigenvalue weighted by Crippen LogP contribution is 2.39. The van der Waals surface area contributed by atoms with Gasteiger partial charge in [-0.05, 0) is 67.3 Å². The quantitative estimate of drug-likeness (QED) is 0.214. The maximum atomic E-state index is 13.5. The molecule has 0 radical (unpaired) electrons. The van der Waals surface area contributed by atoms with E-state index in [4.69, 9.17) is 37.8 Å². The molecule has 0 aliphatic rings. The Hall–Kier alpha value is -4.26. The van der Waals surface area contributed by atoms with Gasteiger partial charge >= 0.3 is 5.97 Å². The van der Waals surface area contributed by atoms with Crippen LogP contribution in [0.1, 0.15) is 71.2 Å². The van der Waals surface area contributed by atoms with Crippen LogP contribution in [0.4, 0.5) is 5.69 Å². The van der Waals surface area contributed by atoms with Crippen LogP contribution in [-0.4, -0.2) is 34.0 Å². The molecule has 1 unspecified atom stereocenters. The lowest BCUT2D eigenvalue weighted by atomic mass is 9.90. The summed E-state index contributed by atoms with van der Waals surface area (Å²) >= 11 is 12.6. The lowest BCUT2D eigenvalue weighted by molar-refractivity contribution is 0.0517. The van der Waals surface area contributed by atoms with Crippen molar-refractivity contribution in [2.24, 2.45) is 7.05 Å². The largest absolute Gasteiger partial charge is 0.494 e. The molecule has 0 aliphatic heterocycles. The number of hydrogen-bond acceptors (Lipinski definition) is 7. The molecule has 2 aromatic carbocycles. The Morgan fingerprint density at radius 1 is 1.17 bits per heavy atom. The number of aryl methyl sites for hydroxylation is 2. The molecule has 11 heteroatoms. The van der Waals surface area contributed by atoms with Crippen LogP contribution in [0.15, 0.2) is 53.5 Å². The Kier molecular flexibility index (Phi) is 9.30. The number of ether oxygens (including phenoxy) is 2. The van der Waals surface area contributed by atoms with Gasteiger partial charge in [-0.25, -0.2) is 9.48 Å². The van der Waals surface area contributed by atoms with Crippen LogP contribution in [0, 0.1) is 18.3 Å². The monoisotopic (exact) mass is 607 g/mol. The predicted molar refractivity (Wildman–Crippen MR) is 163 cm³/mol. The summed E-state index contributed by atoms with van der Waals surface area (Å²) in [6, 6.07) is 13.5. The van der Waals surface area contributed by atoms with E-state index in [0.717, 1.165) is 11.1 Å². The van der Waals surface area contributed by atoms with E-state index in [9.17, 15) is 14.9 Å². The molecule has 0 saturated carbocycles. The molecule has 0 aliphatic carbocycles. The van der Waals surface area contributed by atoms with Gasteiger partial charge in [0, 0.05) is 23.8 Å². The van der Waals surface area contributed by atoms with Crippen LogP contribution >= 0.6 is 23.2 Å². The highest BCUT2D eigenvalue weighted by Gasteiger charge is 2.34. The van der Waals surface area contributed by atoms with Gasteiger partial charge in [0.15, 0.2) is 5.69 Å². The minimum Gasteiger partial charge on any atom is -0.494 e. The minimum absolute atomic E-state index is 0.0394. The van der Waals surface area contributed by atoms with Gasteiger partial charge in [0.1, 0.15) is 16.5 Å². The number of nitrogens with one attached hydrogen (secondary N) is 1. The zero-order valence-corrected chi connectivity index (χ0v) is 25.7. The summed E-state index contributed by atoms with van der Waals surface area (Å²) < 4.78 is 14.1. The molecule has 0 spiro atoms. The number of pyridine rings is 1. The SMILES string of the molecule is CCOC(=O)c1nn(-c2cc(C#N)ccc2OC)c(C(C)C)c1C(Nc1cc(Cl)c(=O)n(C)c1)c1ccc(Cl)cc1C. The minimum atomic E-state index is -0.661. The van der Waals surface area contributed by atoms with E-state index in [2.05, 4.69) is 11.4 Å². The number of carbonyl (C=O) groups excluding carboxylic acids is 1. The van der Waals surface area contributed by atoms with Gasteiger partial charge in [-0.1, -0.05) is 43.1 Å². The van der Waals surface area contributed by atoms with Crippen LogP contribution in [0.5, 0.6) is 5.75 Å². The van der Waals surface area contributed by atoms with Crippen molar-refractivity contribution in [1.82, 2.24) is 14.3 Å². The number of carbonyl (C=O) groups is 1. The number of anilines is 1. The van der Waals surface area contributed by atoms with Gasteiger partial charge in [-0.2, -0.15) is 10.4 Å². The summed E-state index contributed by atoms with van der Waals surface area (Å²) in [5.74, 6) is -0.301. The van der Waals surface area contributed by atoms with Crippen molar-refractivity contribution in [1.29, 1.82) is 5.26 Å². The van der Waals surface area contributed by atoms with E-state index in [0.29, 0.717) is 39.0 Å². The average Bonchev–Trinajstić information content (AvgIpc) is 3.35. The van der Waals surface area contributed by atoms with Gasteiger partial charge in [0.2, 0.25) is 0 Å². The predicted octanol–water partition coefficient (Wildman–Crippen LogP) is 6.57. The van der Waals surface area contributed by atoms with E-state index in [1.165, 1.54) is 11.7 Å². The Morgan fingerprint density at radius 3 is 2.50 bits per heavy atom. The van der Waals surface area contributed by atoms with E-state index < -0.39 is 12.0 Å². The molecule has 1 N–H and O–H groups in total. The van der Waals surface area contributed by atoms with Crippen LogP contribution < -0.4 is 15.6 Å². The Balaban J connectivity index is 2.11. The maximum Gasteiger partial charge on any atom is 0.359 e. The van der Waals surface area contributed by atoms with Crippen molar-refractivity contribution in [2.45, 2.75) is 39.7 Å². The summed E-state index contributed by atoms with van der Waals surface area (Å²) in [6.07, 6.45) is 1.63. The van der Waals surface area contributed by atoms with Gasteiger partial charge in [-0.3, -0.25) is 4.79 Å². The van der Waals surface area contributed by atoms with Gasteiger partial charge in [-0.15, -0.1) is 0 Å². The molecule has 9 nitrogen and oxygen atoms in total. The first kappa shape index (κ1) is 30.7. The van der Waals surface area contributed by atoms with Gasteiger partial charge in [0.25, 0.3) is 5.56 Å². The summed E-state index contributed by atoms with van der Waals surface area (Å²) in [5.41, 5.74) is 4.11. The third-order valence-electron chi connectivity index (χ3n) is 6.79. The molecular weight excluding hydrogens is 577 g/mol. The fourth-order valence-corrected chi connectivity index (χ4v) is 5.41. The first-order chi connectivity index (χ1) is 20.0. The number of benzene rings is 2. The fraction of sp³-hybridized carbons (Fsp3) is 0.290. The summed E-state index contributed by atoms with van der Waals surface area (Å²) in [5, 5.41) is 18.5. The zero-order valence-electron chi connectivity index (χ0n) is 24.2. The van der Waals surface area contributed by atoms with Crippen LogP contribution in [0.2, 0.25) is 10.0 Å². The summed E-state index contributed by atoms with van der Waals surface area (Å²) in [4.78, 5) is 25.9. The first-order valence-electron chi connectivity index (χ1n) is 13.3. The van der Waals surface area contributed by atoms with E-state index in [1.807, 2.05) is 32.9 Å². The average molecular weight is 609 g/mol. The second-order valence-corrected chi connectivity index (χ2v) is 10.8. The second-order valence-electron chi connectivity index (χ2n) is 10.0. The topological polar surface area (TPSA) is 111 Å². The molecule has 0 bridgehead atoms. The molecular formula is C31H31Cl2N5O4. The number of aromatic nitrogens is 3. The van der Waals surface area contributed by atoms with E-state index in [-0.39, 0.29) is 28.8 Å². The Labute approximate surface area is 254 Å². The molecule has 1 atom stereocenters. The molecule has 4 rings (SSSR count). The van der Waals surface area contributed by atoms with Crippen molar-refractivity contribution < 1.29 is 14.3 Å². The van der Waals surface area contributed by atoms with Crippen LogP contribution in [0.3, 0.4) is 0 Å². The fourth-order valence-electron chi connectivity index (χ4n) is 4.93. The highest BCUT2D eigenvalue weighted by molar-refractivity contribution is 6.31. The smallest absolute Gasteiger partial charge is 0.359 e. The Bertz CT molecular complexity index is 1730. The van der Waals surface area contributed by atoms with Gasteiger partial charge < -0.3 is 19.4 Å². The van der Waals surface area contributed by atoms with Crippen LogP contribution in [-0.2, 0) is 11.8 Å². The summed E-state index contributed by atoms with van der Waals surface area (Å²) in [7, 11) is 3.14. The van der Waals surface area contributed by atoms with Crippen molar-refractivity contribution in [3.8, 4) is 17.5 Å². The number of methoxy groups -OCH3 is 1. The van der Waals surface area contributed by atoms with Crippen LogP contribution in [0.25, 0.3) is 5.69 Å². The second kappa shape index (κ2) is 12.7. The normalized spacial score (nSPS) is 11.7. The first-order valence-corrected chi connectivity index (χ1v) is 14.0. The highest BCUT2D eigenvalue weighted by atomic mass is 35.5. The number of halogens is 2. The third kappa shape index (κ3) is 6.01. The number of hydrogen-bond donors (Lipinski definition) is 1. The molecule has 4 aromatic rings. The lowest BCUT2D eigenvalue weighted by Gasteiger charge is -2.25. The van der Waals surface area contributed by atoms with E-state index >= 15 is 0 Å². The zero-order chi connectivity index (χ0) is 30.7. The number of esters is 1. The molecule has 218 valence electrons. The standard InChI is InChI=1S/C31H31Cl2N5O4/c1-7-42-31(40)28-26(29(17(2)3)38(36-28)24-13-19(15-34)8-11-25(24)41-6)27(22-10-9-20(32)12-18(22)4)35-21-14-23(33)30(39)37(5)16-21/h8-14,16-17,27,35H,7H2,1-6H3. The van der Waals surface area contributed by atoms with E-state index in [1.54, 1.807) is 55.2 Å². The number of nitriles is 1. The Morgan fingerprint density at radius 2 is 1.90 bits per heavy atom. The number of nitrogens with zero attached hydrogens (tertiary/aromatic N) is 4. The molecule has 2 heterocycles. The molecule has 42 heavy (non-hydrogen) atoms. The van der Waals surface area contributed by atoms with Crippen molar-refractivity contribution >= 4 is 34.9 Å². The van der Waals surface area contributed by atoms with Crippen molar-refractivity contribution in [2.75, 3.05) is 19.0 Å². The van der Waals surface area contributed by atoms with Gasteiger partial charge in [0.05, 0.1) is 42.8 Å². The van der Waals surface area contributed by atoms with Crippen molar-refractivity contribution in [3.63, 3.8) is 0 Å². The maximum absolute atomic E-state index is 13.5. The molecule has 0 fully saturated rings. The molecule has 0 saturated heterocycles. The number of rotatable bonds is 9. The summed E-state index contributed by atoms with van der Waals surface area (Å²) in [6.45, 7) is 7.77. The lowest BCUT2D eigenvalue weighted by Crippen LogP contribution is -2.22. The molecule has 0 amide bonds. The van der Waals surface area contributed by atoms with Crippen molar-refractivity contribution in [3.05, 3.63) is 103 Å².